The Morgan fingerprint density at radius 1 is 1.53 bits per heavy atom. The first kappa shape index (κ1) is 11.1. The van der Waals surface area contributed by atoms with Gasteiger partial charge in [0.05, 0.1) is 11.6 Å². The summed E-state index contributed by atoms with van der Waals surface area (Å²) < 4.78 is 28.1. The fourth-order valence-corrected chi connectivity index (χ4v) is 1.11. The van der Waals surface area contributed by atoms with Crippen LogP contribution in [0.1, 0.15) is 21.5 Å². The Morgan fingerprint density at radius 3 is 2.67 bits per heavy atom. The van der Waals surface area contributed by atoms with E-state index in [0.29, 0.717) is 11.8 Å². The van der Waals surface area contributed by atoms with Crippen LogP contribution >= 0.6 is 0 Å². The van der Waals surface area contributed by atoms with Gasteiger partial charge in [-0.3, -0.25) is 4.79 Å². The van der Waals surface area contributed by atoms with Crippen molar-refractivity contribution >= 4 is 6.29 Å². The first-order chi connectivity index (χ1) is 7.08. The van der Waals surface area contributed by atoms with E-state index in [1.165, 1.54) is 19.1 Å². The van der Waals surface area contributed by atoms with Gasteiger partial charge < -0.3 is 4.74 Å². The van der Waals surface area contributed by atoms with E-state index in [1.807, 2.05) is 0 Å². The van der Waals surface area contributed by atoms with Gasteiger partial charge in [0.15, 0.2) is 0 Å². The number of hydrogen-bond donors (Lipinski definition) is 0. The lowest BCUT2D eigenvalue weighted by molar-refractivity contribution is -0.0503. The molecule has 0 saturated heterocycles. The number of carbonyl (C=O) groups excluding carboxylic acids is 1. The Kier molecular flexibility index (Phi) is 3.34. The highest BCUT2D eigenvalue weighted by Gasteiger charge is 2.11. The van der Waals surface area contributed by atoms with Gasteiger partial charge in [0.25, 0.3) is 0 Å². The fraction of sp³-hybridized carbons (Fsp3) is 0.200. The third kappa shape index (κ3) is 2.50. The summed E-state index contributed by atoms with van der Waals surface area (Å²) in [7, 11) is 0. The third-order valence-corrected chi connectivity index (χ3v) is 1.85. The van der Waals surface area contributed by atoms with Gasteiger partial charge in [0, 0.05) is 11.1 Å². The minimum atomic E-state index is -2.97. The van der Waals surface area contributed by atoms with E-state index in [4.69, 9.17) is 5.26 Å². The highest BCUT2D eigenvalue weighted by Crippen LogP contribution is 2.24. The molecule has 1 aromatic rings. The fourth-order valence-electron chi connectivity index (χ4n) is 1.11. The molecule has 0 heterocycles. The first-order valence-electron chi connectivity index (χ1n) is 4.03. The molecule has 0 fully saturated rings. The molecule has 0 N–H and O–H groups in total. The van der Waals surface area contributed by atoms with E-state index in [2.05, 4.69) is 4.74 Å². The van der Waals surface area contributed by atoms with Crippen molar-refractivity contribution in [1.29, 1.82) is 5.26 Å². The summed E-state index contributed by atoms with van der Waals surface area (Å²) in [6, 6.07) is 4.30. The predicted octanol–water partition coefficient (Wildman–Crippen LogP) is 2.28. The molecule has 5 heteroatoms. The number of ether oxygens (including phenoxy) is 1. The molecule has 0 saturated carbocycles. The van der Waals surface area contributed by atoms with Crippen molar-refractivity contribution in [1.82, 2.24) is 0 Å². The van der Waals surface area contributed by atoms with E-state index >= 15 is 0 Å². The zero-order valence-corrected chi connectivity index (χ0v) is 7.83. The second-order valence-electron chi connectivity index (χ2n) is 2.80. The quantitative estimate of drug-likeness (QED) is 0.720. The molecule has 0 bridgehead atoms. The molecular weight excluding hydrogens is 204 g/mol. The molecule has 0 aromatic heterocycles. The molecule has 0 aliphatic heterocycles. The maximum absolute atomic E-state index is 12.0. The zero-order chi connectivity index (χ0) is 11.4. The SMILES string of the molecule is Cc1c(C#N)cc(C=O)cc1OC(F)F. The highest BCUT2D eigenvalue weighted by atomic mass is 19.3. The van der Waals surface area contributed by atoms with Crippen LogP contribution in [0.15, 0.2) is 12.1 Å². The molecule has 1 aromatic carbocycles. The van der Waals surface area contributed by atoms with Crippen LogP contribution in [0.25, 0.3) is 0 Å². The van der Waals surface area contributed by atoms with Crippen molar-refractivity contribution in [2.24, 2.45) is 0 Å². The molecule has 0 spiro atoms. The number of nitrogens with zero attached hydrogens (tertiary/aromatic N) is 1. The largest absolute Gasteiger partial charge is 0.434 e. The lowest BCUT2D eigenvalue weighted by atomic mass is 10.1. The van der Waals surface area contributed by atoms with Crippen LogP contribution in [0.2, 0.25) is 0 Å². The van der Waals surface area contributed by atoms with Crippen molar-refractivity contribution in [3.63, 3.8) is 0 Å². The molecule has 0 aliphatic rings. The molecule has 15 heavy (non-hydrogen) atoms. The molecule has 0 radical (unpaired) electrons. The summed E-state index contributed by atoms with van der Waals surface area (Å²) in [4.78, 5) is 10.5. The van der Waals surface area contributed by atoms with Crippen molar-refractivity contribution in [2.45, 2.75) is 13.5 Å². The zero-order valence-electron chi connectivity index (χ0n) is 7.83. The molecule has 0 atom stereocenters. The number of hydrogen-bond acceptors (Lipinski definition) is 3. The maximum atomic E-state index is 12.0. The predicted molar refractivity (Wildman–Crippen MR) is 47.9 cm³/mol. The summed E-state index contributed by atoms with van der Waals surface area (Å²) in [5.74, 6) is -0.147. The average molecular weight is 211 g/mol. The summed E-state index contributed by atoms with van der Waals surface area (Å²) in [6.07, 6.45) is 0.471. The van der Waals surface area contributed by atoms with Gasteiger partial charge in [0.1, 0.15) is 12.0 Å². The van der Waals surface area contributed by atoms with Crippen molar-refractivity contribution < 1.29 is 18.3 Å². The smallest absolute Gasteiger partial charge is 0.387 e. The van der Waals surface area contributed by atoms with E-state index in [9.17, 15) is 13.6 Å². The third-order valence-electron chi connectivity index (χ3n) is 1.85. The number of aldehydes is 1. The normalized spacial score (nSPS) is 9.80. The van der Waals surface area contributed by atoms with Crippen LogP contribution in [0.4, 0.5) is 8.78 Å². The van der Waals surface area contributed by atoms with Gasteiger partial charge in [-0.2, -0.15) is 14.0 Å². The number of alkyl halides is 2. The Hall–Kier alpha value is -1.96. The minimum Gasteiger partial charge on any atom is -0.434 e. The summed E-state index contributed by atoms with van der Waals surface area (Å²) in [6.45, 7) is -1.50. The Bertz CT molecular complexity index is 424. The monoisotopic (exact) mass is 211 g/mol. The first-order valence-corrected chi connectivity index (χ1v) is 4.03. The molecule has 0 amide bonds. The van der Waals surface area contributed by atoms with Crippen LogP contribution in [0.5, 0.6) is 5.75 Å². The standard InChI is InChI=1S/C10H7F2NO2/c1-6-8(4-13)2-7(5-14)3-9(6)15-10(11)12/h2-3,5,10H,1H3. The van der Waals surface area contributed by atoms with Gasteiger partial charge in [0.2, 0.25) is 0 Å². The van der Waals surface area contributed by atoms with Crippen molar-refractivity contribution in [3.05, 3.63) is 28.8 Å². The van der Waals surface area contributed by atoms with E-state index in [0.717, 1.165) is 0 Å². The Balaban J connectivity index is 3.25. The van der Waals surface area contributed by atoms with Gasteiger partial charge in [-0.05, 0) is 19.1 Å². The number of rotatable bonds is 3. The molecule has 1 rings (SSSR count). The molecule has 0 unspecified atom stereocenters. The number of benzene rings is 1. The van der Waals surface area contributed by atoms with E-state index < -0.39 is 6.61 Å². The lowest BCUT2D eigenvalue weighted by Crippen LogP contribution is -2.05. The minimum absolute atomic E-state index is 0.132. The highest BCUT2D eigenvalue weighted by molar-refractivity contribution is 5.77. The van der Waals surface area contributed by atoms with Gasteiger partial charge in [-0.15, -0.1) is 0 Å². The average Bonchev–Trinajstić information content (AvgIpc) is 2.20. The number of halogens is 2. The molecular formula is C10H7F2NO2. The molecule has 3 nitrogen and oxygen atoms in total. The van der Waals surface area contributed by atoms with Crippen molar-refractivity contribution in [3.8, 4) is 11.8 Å². The van der Waals surface area contributed by atoms with Crippen molar-refractivity contribution in [2.75, 3.05) is 0 Å². The van der Waals surface area contributed by atoms with Crippen LogP contribution in [-0.4, -0.2) is 12.9 Å². The topological polar surface area (TPSA) is 50.1 Å². The lowest BCUT2D eigenvalue weighted by Gasteiger charge is -2.09. The van der Waals surface area contributed by atoms with E-state index in [1.54, 1.807) is 6.07 Å². The van der Waals surface area contributed by atoms with Crippen LogP contribution in [-0.2, 0) is 0 Å². The summed E-state index contributed by atoms with van der Waals surface area (Å²) in [5, 5.41) is 8.69. The second kappa shape index (κ2) is 4.51. The van der Waals surface area contributed by atoms with Crippen LogP contribution < -0.4 is 4.74 Å². The summed E-state index contributed by atoms with van der Waals surface area (Å²) >= 11 is 0. The Morgan fingerprint density at radius 2 is 2.20 bits per heavy atom. The van der Waals surface area contributed by atoms with E-state index in [-0.39, 0.29) is 16.9 Å². The second-order valence-corrected chi connectivity index (χ2v) is 2.80. The molecule has 0 aliphatic carbocycles. The number of nitriles is 1. The van der Waals surface area contributed by atoms with Gasteiger partial charge >= 0.3 is 6.61 Å². The Labute approximate surface area is 84.9 Å². The van der Waals surface area contributed by atoms with Gasteiger partial charge in [-0.25, -0.2) is 0 Å². The summed E-state index contributed by atoms with van der Waals surface area (Å²) in [5.41, 5.74) is 0.575. The maximum Gasteiger partial charge on any atom is 0.387 e. The molecule has 78 valence electrons. The van der Waals surface area contributed by atoms with Crippen LogP contribution in [0, 0.1) is 18.3 Å². The van der Waals surface area contributed by atoms with Gasteiger partial charge in [-0.1, -0.05) is 0 Å². The number of carbonyl (C=O) groups is 1. The van der Waals surface area contributed by atoms with Crippen LogP contribution in [0.3, 0.4) is 0 Å².